The van der Waals surface area contributed by atoms with E-state index in [2.05, 4.69) is 80.5 Å². The molecule has 0 saturated carbocycles. The van der Waals surface area contributed by atoms with Gasteiger partial charge >= 0.3 is 0 Å². The highest BCUT2D eigenvalue weighted by Crippen LogP contribution is 2.42. The highest BCUT2D eigenvalue weighted by Gasteiger charge is 2.46. The van der Waals surface area contributed by atoms with Crippen molar-refractivity contribution in [2.24, 2.45) is 5.41 Å². The van der Waals surface area contributed by atoms with Crippen LogP contribution >= 0.6 is 0 Å². The van der Waals surface area contributed by atoms with Gasteiger partial charge in [-0.05, 0) is 81.1 Å². The minimum absolute atomic E-state index is 0.151. The molecule has 1 unspecified atom stereocenters. The Labute approximate surface area is 205 Å². The molecule has 7 nitrogen and oxygen atoms in total. The van der Waals surface area contributed by atoms with Gasteiger partial charge in [-0.25, -0.2) is 0 Å². The molecule has 0 spiro atoms. The van der Waals surface area contributed by atoms with Gasteiger partial charge in [0.15, 0.2) is 5.78 Å². The number of nitrogens with one attached hydrogen (secondary N) is 3. The fourth-order valence-corrected chi connectivity index (χ4v) is 6.13. The van der Waals surface area contributed by atoms with Crippen molar-refractivity contribution in [2.45, 2.75) is 44.1 Å². The van der Waals surface area contributed by atoms with Crippen LogP contribution in [0.3, 0.4) is 0 Å². The maximum atomic E-state index is 14.3. The molecule has 0 radical (unpaired) electrons. The maximum absolute atomic E-state index is 14.3. The molecule has 35 heavy (non-hydrogen) atoms. The Bertz CT molecular complexity index is 1290. The molecular weight excluding hydrogens is 436 g/mol. The summed E-state index contributed by atoms with van der Waals surface area (Å²) in [6, 6.07) is 16.8. The lowest BCUT2D eigenvalue weighted by Gasteiger charge is -2.39. The minimum Gasteiger partial charge on any atom is -0.361 e. The van der Waals surface area contributed by atoms with Gasteiger partial charge in [-0.15, -0.1) is 10.2 Å². The van der Waals surface area contributed by atoms with Crippen molar-refractivity contribution in [3.05, 3.63) is 78.5 Å². The van der Waals surface area contributed by atoms with E-state index in [9.17, 15) is 4.79 Å². The van der Waals surface area contributed by atoms with Crippen molar-refractivity contribution in [1.29, 1.82) is 0 Å². The maximum Gasteiger partial charge on any atom is 0.156 e. The van der Waals surface area contributed by atoms with Crippen molar-refractivity contribution in [2.75, 3.05) is 19.6 Å². The highest BCUT2D eigenvalue weighted by atomic mass is 16.1. The molecular formula is C28H32N6O. The van der Waals surface area contributed by atoms with E-state index in [-0.39, 0.29) is 17.4 Å². The number of H-pyrrole nitrogens is 1. The number of aryl methyl sites for hydroxylation is 1. The summed E-state index contributed by atoms with van der Waals surface area (Å²) in [6.45, 7) is 2.69. The average Bonchev–Trinajstić information content (AvgIpc) is 3.68. The van der Waals surface area contributed by atoms with Crippen LogP contribution in [0.15, 0.2) is 67.4 Å². The minimum atomic E-state index is -0.277. The van der Waals surface area contributed by atoms with Gasteiger partial charge in [0, 0.05) is 34.1 Å². The number of Topliss-reactive ketones (excluding diaryl/α,β-unsaturated/α-hetero) is 1. The molecule has 7 heteroatoms. The summed E-state index contributed by atoms with van der Waals surface area (Å²) in [5.41, 5.74) is 4.38. The normalized spacial score (nSPS) is 21.9. The van der Waals surface area contributed by atoms with Gasteiger partial charge in [0.25, 0.3) is 0 Å². The Hall–Kier alpha value is -3.29. The molecule has 6 rings (SSSR count). The molecule has 0 bridgehead atoms. The van der Waals surface area contributed by atoms with Crippen molar-refractivity contribution in [3.63, 3.8) is 0 Å². The lowest BCUT2D eigenvalue weighted by molar-refractivity contribution is -0.133. The number of aromatic nitrogens is 4. The summed E-state index contributed by atoms with van der Waals surface area (Å²) in [5, 5.41) is 16.2. The summed E-state index contributed by atoms with van der Waals surface area (Å²) < 4.78 is 1.92. The zero-order chi connectivity index (χ0) is 23.7. The molecule has 2 aliphatic heterocycles. The van der Waals surface area contributed by atoms with E-state index in [0.717, 1.165) is 62.9 Å². The van der Waals surface area contributed by atoms with Gasteiger partial charge in [0.05, 0.1) is 6.04 Å². The molecule has 2 aromatic carbocycles. The second-order valence-corrected chi connectivity index (χ2v) is 10.1. The van der Waals surface area contributed by atoms with Crippen molar-refractivity contribution >= 4 is 16.7 Å². The van der Waals surface area contributed by atoms with E-state index in [1.807, 2.05) is 4.57 Å². The average molecular weight is 469 g/mol. The molecule has 3 N–H and O–H groups in total. The number of hydrogen-bond acceptors (Lipinski definition) is 5. The summed E-state index contributed by atoms with van der Waals surface area (Å²) in [4.78, 5) is 17.8. The largest absolute Gasteiger partial charge is 0.361 e. The molecule has 2 aromatic heterocycles. The number of aromatic amines is 1. The van der Waals surface area contributed by atoms with Gasteiger partial charge in [-0.2, -0.15) is 0 Å². The van der Waals surface area contributed by atoms with Crippen LogP contribution in [0.4, 0.5) is 0 Å². The molecule has 2 fully saturated rings. The number of ketones is 1. The van der Waals surface area contributed by atoms with Crippen LogP contribution in [-0.4, -0.2) is 51.2 Å². The number of piperidine rings is 1. The van der Waals surface area contributed by atoms with E-state index in [0.29, 0.717) is 5.78 Å². The number of fused-ring (bicyclic) bond motifs is 1. The first kappa shape index (κ1) is 22.2. The Morgan fingerprint density at radius 1 is 1.03 bits per heavy atom. The number of benzene rings is 2. The van der Waals surface area contributed by atoms with E-state index < -0.39 is 0 Å². The Balaban J connectivity index is 1.30. The first-order chi connectivity index (χ1) is 17.2. The smallest absolute Gasteiger partial charge is 0.156 e. The zero-order valence-electron chi connectivity index (χ0n) is 19.9. The lowest BCUT2D eigenvalue weighted by atomic mass is 9.67. The molecule has 2 aliphatic rings. The first-order valence-corrected chi connectivity index (χ1v) is 12.7. The topological polar surface area (TPSA) is 87.6 Å². The fraction of sp³-hybridized carbons (Fsp3) is 0.393. The second kappa shape index (κ2) is 9.40. The first-order valence-electron chi connectivity index (χ1n) is 12.7. The predicted molar refractivity (Wildman–Crippen MR) is 137 cm³/mol. The fourth-order valence-electron chi connectivity index (χ4n) is 6.13. The van der Waals surface area contributed by atoms with Gasteiger partial charge in [0.2, 0.25) is 0 Å². The molecule has 2 saturated heterocycles. The predicted octanol–water partition coefficient (Wildman–Crippen LogP) is 3.77. The van der Waals surface area contributed by atoms with Gasteiger partial charge in [0.1, 0.15) is 12.7 Å². The van der Waals surface area contributed by atoms with Gasteiger partial charge in [-0.1, -0.05) is 30.3 Å². The van der Waals surface area contributed by atoms with Gasteiger partial charge < -0.3 is 15.6 Å². The number of carbonyl (C=O) groups is 1. The summed E-state index contributed by atoms with van der Waals surface area (Å²) in [7, 11) is 0. The molecule has 180 valence electrons. The summed E-state index contributed by atoms with van der Waals surface area (Å²) >= 11 is 0. The van der Waals surface area contributed by atoms with Crippen LogP contribution in [0.25, 0.3) is 16.6 Å². The van der Waals surface area contributed by atoms with Crippen LogP contribution in [-0.2, 0) is 11.2 Å². The quantitative estimate of drug-likeness (QED) is 0.384. The Morgan fingerprint density at radius 3 is 2.63 bits per heavy atom. The third-order valence-electron chi connectivity index (χ3n) is 8.14. The SMILES string of the molecule is O=C([C@@H]1NCCC1c1c[nH]c2ccc(-n3cnnc3)cc12)C1(CCc2ccccc2)CCNCC1. The Morgan fingerprint density at radius 2 is 1.83 bits per heavy atom. The van der Waals surface area contributed by atoms with E-state index in [1.165, 1.54) is 16.5 Å². The molecule has 2 atom stereocenters. The lowest BCUT2D eigenvalue weighted by Crippen LogP contribution is -2.50. The number of hydrogen-bond donors (Lipinski definition) is 3. The second-order valence-electron chi connectivity index (χ2n) is 10.1. The van der Waals surface area contributed by atoms with Crippen LogP contribution in [0.2, 0.25) is 0 Å². The standard InChI is InChI=1S/C28H32N6O/c35-27(28(11-14-29-15-12-28)10-8-20-4-2-1-3-5-20)26-22(9-13-30-26)24-17-31-25-7-6-21(16-23(24)25)34-18-32-33-19-34/h1-7,16-19,22,26,29-31H,8-15H2/t22?,26-/m1/s1. The third-order valence-corrected chi connectivity index (χ3v) is 8.14. The van der Waals surface area contributed by atoms with E-state index in [4.69, 9.17) is 0 Å². The summed E-state index contributed by atoms with van der Waals surface area (Å²) in [6.07, 6.45) is 10.2. The monoisotopic (exact) mass is 468 g/mol. The van der Waals surface area contributed by atoms with Crippen LogP contribution < -0.4 is 10.6 Å². The molecule has 0 aliphatic carbocycles. The van der Waals surface area contributed by atoms with Crippen molar-refractivity contribution < 1.29 is 4.79 Å². The van der Waals surface area contributed by atoms with Crippen LogP contribution in [0.5, 0.6) is 0 Å². The van der Waals surface area contributed by atoms with Crippen LogP contribution in [0, 0.1) is 5.41 Å². The summed E-state index contributed by atoms with van der Waals surface area (Å²) in [5.74, 6) is 0.567. The Kier molecular flexibility index (Phi) is 5.96. The zero-order valence-corrected chi connectivity index (χ0v) is 19.9. The third kappa shape index (κ3) is 4.19. The van der Waals surface area contributed by atoms with Crippen molar-refractivity contribution in [1.82, 2.24) is 30.4 Å². The number of rotatable bonds is 7. The van der Waals surface area contributed by atoms with E-state index >= 15 is 0 Å². The van der Waals surface area contributed by atoms with Gasteiger partial charge in [-0.3, -0.25) is 9.36 Å². The van der Waals surface area contributed by atoms with E-state index in [1.54, 1.807) is 12.7 Å². The molecule has 0 amide bonds. The van der Waals surface area contributed by atoms with Crippen LogP contribution in [0.1, 0.15) is 42.7 Å². The molecule has 4 heterocycles. The molecule has 4 aromatic rings. The van der Waals surface area contributed by atoms with Crippen molar-refractivity contribution in [3.8, 4) is 5.69 Å². The number of nitrogens with zero attached hydrogens (tertiary/aromatic N) is 3. The highest BCUT2D eigenvalue weighted by molar-refractivity contribution is 5.93. The number of carbonyl (C=O) groups excluding carboxylic acids is 1.